The number of carbonyl (C=O) groups is 2. The number of amides is 2. The Balaban J connectivity index is 0.00000256. The van der Waals surface area contributed by atoms with Crippen LogP contribution >= 0.6 is 11.3 Å². The third-order valence-corrected chi connectivity index (χ3v) is 8.42. The summed E-state index contributed by atoms with van der Waals surface area (Å²) in [4.78, 5) is 33.9. The maximum Gasteiger partial charge on any atom is 0.273 e. The van der Waals surface area contributed by atoms with Crippen molar-refractivity contribution in [3.05, 3.63) is 16.1 Å². The van der Waals surface area contributed by atoms with E-state index in [9.17, 15) is 18.0 Å². The van der Waals surface area contributed by atoms with E-state index < -0.39 is 28.0 Å². The van der Waals surface area contributed by atoms with Gasteiger partial charge in [0.05, 0.1) is 37.3 Å². The molecule has 0 aromatic carbocycles. The first kappa shape index (κ1) is 23.4. The van der Waals surface area contributed by atoms with E-state index in [-0.39, 0.29) is 30.1 Å². The molecular weight excluding hydrogens is 448 g/mol. The van der Waals surface area contributed by atoms with Crippen molar-refractivity contribution in [1.82, 2.24) is 14.2 Å². The number of rotatable bonds is 5. The first-order valence-electron chi connectivity index (χ1n) is 10.3. The number of likely N-dealkylation sites (tertiary alicyclic amines) is 2. The van der Waals surface area contributed by atoms with Crippen LogP contribution in [0.4, 0.5) is 0 Å². The predicted octanol–water partition coefficient (Wildman–Crippen LogP) is -3.02. The van der Waals surface area contributed by atoms with Gasteiger partial charge in [-0.1, -0.05) is 13.8 Å². The largest absolute Gasteiger partial charge is 1.00 e. The molecule has 2 amide bonds. The molecule has 3 fully saturated rings. The molecule has 3 aliphatic heterocycles. The molecule has 0 unspecified atom stereocenters. The highest BCUT2D eigenvalue weighted by Gasteiger charge is 2.58. The van der Waals surface area contributed by atoms with E-state index in [4.69, 9.17) is 0 Å². The van der Waals surface area contributed by atoms with Crippen LogP contribution in [-0.2, 0) is 21.4 Å². The van der Waals surface area contributed by atoms with Crippen molar-refractivity contribution in [2.24, 2.45) is 11.8 Å². The molecule has 3 atom stereocenters. The lowest BCUT2D eigenvalue weighted by molar-refractivity contribution is -0.901. The van der Waals surface area contributed by atoms with Gasteiger partial charge >= 0.3 is 0 Å². The fraction of sp³-hybridized carbons (Fsp3) is 0.737. The normalized spacial score (nSPS) is 27.1. The van der Waals surface area contributed by atoms with E-state index >= 15 is 0 Å². The van der Waals surface area contributed by atoms with E-state index in [1.165, 1.54) is 29.1 Å². The predicted molar refractivity (Wildman–Crippen MR) is 109 cm³/mol. The maximum atomic E-state index is 13.3. The zero-order valence-corrected chi connectivity index (χ0v) is 19.9. The van der Waals surface area contributed by atoms with Crippen LogP contribution in [0.15, 0.2) is 5.38 Å². The van der Waals surface area contributed by atoms with E-state index in [1.807, 2.05) is 13.8 Å². The minimum absolute atomic E-state index is 0. The Labute approximate surface area is 188 Å². The van der Waals surface area contributed by atoms with Crippen LogP contribution in [0.2, 0.25) is 0 Å². The molecule has 0 spiro atoms. The molecule has 3 saturated heterocycles. The molecule has 8 nitrogen and oxygen atoms in total. The van der Waals surface area contributed by atoms with Crippen molar-refractivity contribution in [2.75, 3.05) is 25.9 Å². The first-order chi connectivity index (χ1) is 13.7. The second-order valence-electron chi connectivity index (χ2n) is 8.77. The molecule has 11 heteroatoms. The average Bonchev–Trinajstić information content (AvgIpc) is 3.37. The third kappa shape index (κ3) is 4.11. The van der Waals surface area contributed by atoms with Gasteiger partial charge in [-0.05, 0) is 12.3 Å². The molecule has 0 aliphatic carbocycles. The summed E-state index contributed by atoms with van der Waals surface area (Å²) in [6.45, 7) is 7.41. The van der Waals surface area contributed by atoms with Crippen LogP contribution in [0.1, 0.15) is 48.6 Å². The zero-order chi connectivity index (χ0) is 20.9. The van der Waals surface area contributed by atoms with E-state index in [0.29, 0.717) is 18.7 Å². The molecule has 4 heterocycles. The molecule has 0 saturated carbocycles. The van der Waals surface area contributed by atoms with Gasteiger partial charge in [0.2, 0.25) is 15.9 Å². The molecule has 30 heavy (non-hydrogen) atoms. The summed E-state index contributed by atoms with van der Waals surface area (Å²) in [5, 5.41) is 2.76. The van der Waals surface area contributed by atoms with Crippen LogP contribution in [0.5, 0.6) is 0 Å². The quantitative estimate of drug-likeness (QED) is 0.488. The maximum absolute atomic E-state index is 13.3. The van der Waals surface area contributed by atoms with Gasteiger partial charge < -0.3 is 22.2 Å². The number of aromatic nitrogens is 1. The second kappa shape index (κ2) is 8.72. The number of carbonyl (C=O) groups excluding carboxylic acids is 2. The lowest BCUT2D eigenvalue weighted by Crippen LogP contribution is -3.08. The fourth-order valence-corrected chi connectivity index (χ4v) is 7.18. The van der Waals surface area contributed by atoms with Crippen molar-refractivity contribution in [3.63, 3.8) is 0 Å². The number of halogens is 1. The number of nitrogens with zero attached hydrogens (tertiary/aromatic N) is 3. The molecule has 1 aromatic rings. The van der Waals surface area contributed by atoms with Crippen molar-refractivity contribution >= 4 is 33.2 Å². The summed E-state index contributed by atoms with van der Waals surface area (Å²) in [6.07, 6.45) is 4.03. The van der Waals surface area contributed by atoms with Crippen LogP contribution in [0.25, 0.3) is 0 Å². The number of fused-ring (bicyclic) bond motifs is 1. The van der Waals surface area contributed by atoms with E-state index in [2.05, 4.69) is 4.98 Å². The van der Waals surface area contributed by atoms with Gasteiger partial charge in [-0.2, -0.15) is 0 Å². The van der Waals surface area contributed by atoms with Gasteiger partial charge in [-0.3, -0.25) is 9.59 Å². The Kier molecular flexibility index (Phi) is 6.81. The van der Waals surface area contributed by atoms with Gasteiger partial charge in [0.1, 0.15) is 17.2 Å². The minimum atomic E-state index is -3.67. The third-order valence-electron chi connectivity index (χ3n) is 6.41. The summed E-state index contributed by atoms with van der Waals surface area (Å²) in [5.74, 6) is -1.13. The van der Waals surface area contributed by atoms with Crippen molar-refractivity contribution in [2.45, 2.75) is 51.7 Å². The Bertz CT molecular complexity index is 913. The number of thiazole rings is 1. The Morgan fingerprint density at radius 2 is 2.00 bits per heavy atom. The van der Waals surface area contributed by atoms with E-state index in [0.717, 1.165) is 35.2 Å². The summed E-state index contributed by atoms with van der Waals surface area (Å²) < 4.78 is 25.5. The Morgan fingerprint density at radius 1 is 1.33 bits per heavy atom. The van der Waals surface area contributed by atoms with Gasteiger partial charge in [0, 0.05) is 24.8 Å². The van der Waals surface area contributed by atoms with Crippen LogP contribution in [0.3, 0.4) is 0 Å². The molecular formula is C19H29ClN4O4S2. The number of sulfonamides is 1. The van der Waals surface area contributed by atoms with Crippen molar-refractivity contribution in [1.29, 1.82) is 0 Å². The summed E-state index contributed by atoms with van der Waals surface area (Å²) >= 11 is 1.51. The first-order valence-corrected chi connectivity index (χ1v) is 13.0. The molecule has 168 valence electrons. The topological polar surface area (TPSA) is 92.1 Å². The van der Waals surface area contributed by atoms with Gasteiger partial charge in [0.15, 0.2) is 0 Å². The number of nitrogens with one attached hydrogen (secondary N) is 1. The van der Waals surface area contributed by atoms with Gasteiger partial charge in [-0.25, -0.2) is 17.7 Å². The summed E-state index contributed by atoms with van der Waals surface area (Å²) in [7, 11) is -3.67. The lowest BCUT2D eigenvalue weighted by Gasteiger charge is -2.28. The van der Waals surface area contributed by atoms with Crippen molar-refractivity contribution < 1.29 is 35.3 Å². The SMILES string of the molecule is CC(C)[C@H]1C(=O)N(S(C)(=O)=O)[C@H]2CCN(C(=O)c3csc(C[NH+]4CCCC4)n3)[C@H]12.[Cl-]. The molecule has 1 aromatic heterocycles. The standard InChI is InChI=1S/C19H28N4O4S2.ClH/c1-12(2)16-17-14(23(19(16)25)29(3,26)27)6-9-22(17)18(24)13-11-28-15(20-13)10-21-7-4-5-8-21;/h11-12,14,16-17H,4-10H2,1-3H3;1H/t14-,16+,17-;/m0./s1. The van der Waals surface area contributed by atoms with Crippen LogP contribution in [0, 0.1) is 11.8 Å². The number of hydrogen-bond acceptors (Lipinski definition) is 6. The van der Waals surface area contributed by atoms with Crippen molar-refractivity contribution in [3.8, 4) is 0 Å². The zero-order valence-electron chi connectivity index (χ0n) is 17.5. The highest BCUT2D eigenvalue weighted by atomic mass is 35.5. The van der Waals surface area contributed by atoms with Crippen LogP contribution < -0.4 is 17.3 Å². The highest BCUT2D eigenvalue weighted by molar-refractivity contribution is 7.88. The minimum Gasteiger partial charge on any atom is -1.00 e. The molecule has 3 aliphatic rings. The molecule has 1 N–H and O–H groups in total. The average molecular weight is 477 g/mol. The Hall–Kier alpha value is -1.23. The molecule has 0 bridgehead atoms. The number of hydrogen-bond donors (Lipinski definition) is 1. The fourth-order valence-electron chi connectivity index (χ4n) is 5.17. The Morgan fingerprint density at radius 3 is 2.60 bits per heavy atom. The van der Waals surface area contributed by atoms with Crippen LogP contribution in [-0.4, -0.2) is 72.4 Å². The van der Waals surface area contributed by atoms with Gasteiger partial charge in [-0.15, -0.1) is 11.3 Å². The lowest BCUT2D eigenvalue weighted by atomic mass is 9.88. The second-order valence-corrected chi connectivity index (χ2v) is 11.6. The number of quaternary nitrogens is 1. The summed E-state index contributed by atoms with van der Waals surface area (Å²) in [5.41, 5.74) is 0.414. The molecule has 4 rings (SSSR count). The summed E-state index contributed by atoms with van der Waals surface area (Å²) in [6, 6.07) is -0.889. The smallest absolute Gasteiger partial charge is 0.273 e. The highest BCUT2D eigenvalue weighted by Crippen LogP contribution is 2.41. The van der Waals surface area contributed by atoms with E-state index in [1.54, 1.807) is 10.3 Å². The molecule has 0 radical (unpaired) electrons. The van der Waals surface area contributed by atoms with Gasteiger partial charge in [0.25, 0.3) is 5.91 Å². The monoisotopic (exact) mass is 476 g/mol.